The minimum atomic E-state index is -0.693. The van der Waals surface area contributed by atoms with E-state index in [0.717, 1.165) is 72.6 Å². The summed E-state index contributed by atoms with van der Waals surface area (Å²) < 4.78 is 14.5. The van der Waals surface area contributed by atoms with E-state index in [2.05, 4.69) is 50.4 Å². The fourth-order valence-corrected chi connectivity index (χ4v) is 7.60. The van der Waals surface area contributed by atoms with Gasteiger partial charge in [-0.1, -0.05) is 42.5 Å². The molecule has 7 nitrogen and oxygen atoms in total. The van der Waals surface area contributed by atoms with Crippen molar-refractivity contribution in [2.24, 2.45) is 0 Å². The van der Waals surface area contributed by atoms with Crippen LogP contribution in [0.5, 0.6) is 5.75 Å². The predicted molar refractivity (Wildman–Crippen MR) is 180 cm³/mol. The summed E-state index contributed by atoms with van der Waals surface area (Å²) in [6.45, 7) is 6.97. The Kier molecular flexibility index (Phi) is 7.47. The van der Waals surface area contributed by atoms with Crippen molar-refractivity contribution in [3.8, 4) is 16.9 Å². The smallest absolute Gasteiger partial charge is 0.255 e. The molecule has 8 rings (SSSR count). The summed E-state index contributed by atoms with van der Waals surface area (Å²) in [5, 5.41) is 15.3. The van der Waals surface area contributed by atoms with Crippen molar-refractivity contribution in [3.05, 3.63) is 119 Å². The Balaban J connectivity index is 1.03. The first-order chi connectivity index (χ1) is 22.5. The number of aromatic nitrogens is 1. The molecule has 2 saturated heterocycles. The Bertz CT molecular complexity index is 1860. The van der Waals surface area contributed by atoms with E-state index in [1.807, 2.05) is 42.5 Å². The molecular formula is C38H38FN5O2. The lowest BCUT2D eigenvalue weighted by atomic mass is 9.99. The molecule has 0 spiro atoms. The first-order valence-corrected chi connectivity index (χ1v) is 16.3. The number of benzene rings is 4. The minimum absolute atomic E-state index is 0.0531. The molecular weight excluding hydrogens is 577 g/mol. The summed E-state index contributed by atoms with van der Waals surface area (Å²) >= 11 is 0. The number of fused-ring (bicyclic) bond motifs is 2. The number of para-hydroxylation sites is 1. The van der Waals surface area contributed by atoms with Crippen molar-refractivity contribution in [2.75, 3.05) is 44.2 Å². The number of rotatable bonds is 6. The van der Waals surface area contributed by atoms with Crippen LogP contribution in [0.1, 0.15) is 46.1 Å². The number of phenols is 1. The van der Waals surface area contributed by atoms with Crippen molar-refractivity contribution in [3.63, 3.8) is 0 Å². The van der Waals surface area contributed by atoms with Gasteiger partial charge < -0.3 is 25.2 Å². The fourth-order valence-electron chi connectivity index (χ4n) is 7.60. The van der Waals surface area contributed by atoms with Gasteiger partial charge in [0, 0.05) is 79.9 Å². The summed E-state index contributed by atoms with van der Waals surface area (Å²) in [5.74, 6) is -0.663. The van der Waals surface area contributed by atoms with E-state index < -0.39 is 11.9 Å². The third-order valence-corrected chi connectivity index (χ3v) is 10.1. The molecule has 0 bridgehead atoms. The van der Waals surface area contributed by atoms with Crippen LogP contribution in [-0.2, 0) is 6.54 Å². The third-order valence-electron chi connectivity index (χ3n) is 10.1. The number of halogens is 1. The Morgan fingerprint density at radius 2 is 1.59 bits per heavy atom. The number of hydrogen-bond donors (Lipinski definition) is 3. The number of carbonyl (C=O) groups excluding carboxylic acids is 1. The summed E-state index contributed by atoms with van der Waals surface area (Å²) in [6.07, 6.45) is 2.39. The molecule has 0 radical (unpaired) electrons. The Labute approximate surface area is 268 Å². The quantitative estimate of drug-likeness (QED) is 0.209. The molecule has 8 heteroatoms. The van der Waals surface area contributed by atoms with Crippen molar-refractivity contribution >= 4 is 22.5 Å². The van der Waals surface area contributed by atoms with Crippen LogP contribution in [-0.4, -0.2) is 71.1 Å². The maximum absolute atomic E-state index is 14.5. The van der Waals surface area contributed by atoms with Crippen LogP contribution >= 0.6 is 0 Å². The van der Waals surface area contributed by atoms with E-state index in [0.29, 0.717) is 23.7 Å². The SMILES string of the molecule is O=C1c2cc(-c3ccc(N4CCC(N5CCNCC5)CC4)cc3)ccc2CN1C(c1cc2ccccc2[nH]1)c1cc(F)ccc1O. The maximum Gasteiger partial charge on any atom is 0.255 e. The number of carbonyl (C=O) groups is 1. The van der Waals surface area contributed by atoms with Crippen LogP contribution in [0.25, 0.3) is 22.0 Å². The second-order valence-electron chi connectivity index (χ2n) is 12.8. The van der Waals surface area contributed by atoms with Gasteiger partial charge in [0.1, 0.15) is 17.6 Å². The second-order valence-corrected chi connectivity index (χ2v) is 12.8. The number of nitrogens with one attached hydrogen (secondary N) is 2. The fraction of sp³-hybridized carbons (Fsp3) is 0.289. The van der Waals surface area contributed by atoms with Crippen molar-refractivity contribution in [1.82, 2.24) is 20.1 Å². The summed E-state index contributed by atoms with van der Waals surface area (Å²) in [5.41, 5.74) is 6.80. The van der Waals surface area contributed by atoms with E-state index in [1.165, 1.54) is 36.7 Å². The van der Waals surface area contributed by atoms with Gasteiger partial charge in [0.15, 0.2) is 0 Å². The molecule has 4 heterocycles. The first kappa shape index (κ1) is 28.8. The lowest BCUT2D eigenvalue weighted by Gasteiger charge is -2.41. The zero-order chi connectivity index (χ0) is 31.2. The summed E-state index contributed by atoms with van der Waals surface area (Å²) in [4.78, 5) is 24.4. The molecule has 1 aromatic heterocycles. The van der Waals surface area contributed by atoms with Crippen LogP contribution in [0.2, 0.25) is 0 Å². The molecule has 1 atom stereocenters. The van der Waals surface area contributed by atoms with E-state index in [4.69, 9.17) is 0 Å². The van der Waals surface area contributed by atoms with Gasteiger partial charge >= 0.3 is 0 Å². The highest BCUT2D eigenvalue weighted by Gasteiger charge is 2.37. The number of piperazine rings is 1. The maximum atomic E-state index is 14.5. The molecule has 2 fully saturated rings. The van der Waals surface area contributed by atoms with E-state index in [9.17, 15) is 14.3 Å². The van der Waals surface area contributed by atoms with Crippen LogP contribution in [0.4, 0.5) is 10.1 Å². The molecule has 4 aromatic carbocycles. The number of nitrogens with zero attached hydrogens (tertiary/aromatic N) is 3. The Morgan fingerprint density at radius 3 is 2.37 bits per heavy atom. The molecule has 234 valence electrons. The number of anilines is 1. The van der Waals surface area contributed by atoms with Gasteiger partial charge in [0.05, 0.1) is 0 Å². The number of hydrogen-bond acceptors (Lipinski definition) is 5. The number of amides is 1. The second kappa shape index (κ2) is 11.9. The lowest BCUT2D eigenvalue weighted by molar-refractivity contribution is 0.0726. The van der Waals surface area contributed by atoms with E-state index in [1.54, 1.807) is 4.90 Å². The average molecular weight is 616 g/mol. The van der Waals surface area contributed by atoms with Crippen molar-refractivity contribution in [1.29, 1.82) is 0 Å². The van der Waals surface area contributed by atoms with Gasteiger partial charge in [-0.15, -0.1) is 0 Å². The third kappa shape index (κ3) is 5.31. The monoisotopic (exact) mass is 615 g/mol. The Hall–Kier alpha value is -4.66. The first-order valence-electron chi connectivity index (χ1n) is 16.3. The highest BCUT2D eigenvalue weighted by Crippen LogP contribution is 2.41. The van der Waals surface area contributed by atoms with Gasteiger partial charge in [-0.3, -0.25) is 9.69 Å². The molecule has 5 aromatic rings. The Morgan fingerprint density at radius 1 is 0.826 bits per heavy atom. The lowest BCUT2D eigenvalue weighted by Crippen LogP contribution is -2.52. The average Bonchev–Trinajstić information content (AvgIpc) is 3.67. The highest BCUT2D eigenvalue weighted by molar-refractivity contribution is 6.00. The van der Waals surface area contributed by atoms with Gasteiger partial charge in [0.2, 0.25) is 0 Å². The van der Waals surface area contributed by atoms with Crippen molar-refractivity contribution in [2.45, 2.75) is 31.5 Å². The van der Waals surface area contributed by atoms with Crippen LogP contribution in [0, 0.1) is 5.82 Å². The molecule has 0 saturated carbocycles. The van der Waals surface area contributed by atoms with Crippen molar-refractivity contribution < 1.29 is 14.3 Å². The largest absolute Gasteiger partial charge is 0.508 e. The number of H-pyrrole nitrogens is 1. The predicted octanol–water partition coefficient (Wildman–Crippen LogP) is 6.30. The van der Waals surface area contributed by atoms with E-state index >= 15 is 0 Å². The number of aromatic amines is 1. The van der Waals surface area contributed by atoms with Crippen LogP contribution < -0.4 is 10.2 Å². The molecule has 0 aliphatic carbocycles. The zero-order valence-corrected chi connectivity index (χ0v) is 25.8. The van der Waals surface area contributed by atoms with Gasteiger partial charge in [-0.2, -0.15) is 0 Å². The summed E-state index contributed by atoms with van der Waals surface area (Å²) in [6, 6.07) is 28.5. The zero-order valence-electron chi connectivity index (χ0n) is 25.8. The van der Waals surface area contributed by atoms with Gasteiger partial charge in [0.25, 0.3) is 5.91 Å². The van der Waals surface area contributed by atoms with Gasteiger partial charge in [-0.05, 0) is 83.4 Å². The number of phenolic OH excluding ortho intramolecular Hbond substituents is 1. The molecule has 3 aliphatic heterocycles. The molecule has 1 amide bonds. The summed E-state index contributed by atoms with van der Waals surface area (Å²) in [7, 11) is 0. The van der Waals surface area contributed by atoms with E-state index in [-0.39, 0.29) is 11.7 Å². The normalized spacial score (nSPS) is 18.3. The number of piperidine rings is 1. The van der Waals surface area contributed by atoms with Gasteiger partial charge in [-0.25, -0.2) is 4.39 Å². The minimum Gasteiger partial charge on any atom is -0.508 e. The standard InChI is InChI=1S/C38H38FN5O2/c39-29-9-12-36(45)33(23-29)37(35-22-27-3-1-2-4-34(27)41-35)44-24-28-6-5-26(21-32(28)38(44)46)25-7-10-30(11-8-25)42-17-13-31(14-18-42)43-19-15-40-16-20-43/h1-12,21-23,31,37,40-41,45H,13-20,24H2. The number of aromatic hydroxyl groups is 1. The molecule has 1 unspecified atom stereocenters. The van der Waals surface area contributed by atoms with Crippen LogP contribution in [0.15, 0.2) is 91.0 Å². The molecule has 46 heavy (non-hydrogen) atoms. The molecule has 3 N–H and O–H groups in total. The molecule has 3 aliphatic rings. The van der Waals surface area contributed by atoms with Crippen LogP contribution in [0.3, 0.4) is 0 Å². The highest BCUT2D eigenvalue weighted by atomic mass is 19.1. The topological polar surface area (TPSA) is 74.8 Å².